The normalized spacial score (nSPS) is 12.7. The number of aromatic nitrogens is 3. The number of hydrogen-bond acceptors (Lipinski definition) is 3. The Kier molecular flexibility index (Phi) is 8.52. The first-order valence-electron chi connectivity index (χ1n) is 21.7. The monoisotopic (exact) mass is 803 g/mol. The van der Waals surface area contributed by atoms with Crippen LogP contribution >= 0.6 is 0 Å². The predicted molar refractivity (Wildman–Crippen MR) is 263 cm³/mol. The van der Waals surface area contributed by atoms with Crippen LogP contribution in [0.1, 0.15) is 25.0 Å². The van der Waals surface area contributed by atoms with Crippen LogP contribution in [0.5, 0.6) is 0 Å². The predicted octanol–water partition coefficient (Wildman–Crippen LogP) is 15.6. The second-order valence-electron chi connectivity index (χ2n) is 17.1. The smallest absolute Gasteiger partial charge is 0.160 e. The molecule has 2 heterocycles. The second kappa shape index (κ2) is 14.6. The fourth-order valence-electron chi connectivity index (χ4n) is 10.2. The molecule has 2 aromatic heterocycles. The minimum atomic E-state index is -0.131. The van der Waals surface area contributed by atoms with Crippen LogP contribution in [-0.4, -0.2) is 15.0 Å². The molecular weight excluding hydrogens is 763 g/mol. The molecule has 3 heteroatoms. The van der Waals surface area contributed by atoms with Crippen LogP contribution in [0, 0.1) is 0 Å². The van der Waals surface area contributed by atoms with Gasteiger partial charge >= 0.3 is 0 Å². The van der Waals surface area contributed by atoms with E-state index in [0.29, 0.717) is 5.82 Å². The van der Waals surface area contributed by atoms with Crippen LogP contribution in [0.4, 0.5) is 0 Å². The summed E-state index contributed by atoms with van der Waals surface area (Å²) in [5.74, 6) is 0.691. The van der Waals surface area contributed by atoms with Crippen molar-refractivity contribution in [1.29, 1.82) is 0 Å². The zero-order valence-electron chi connectivity index (χ0n) is 35.0. The van der Waals surface area contributed by atoms with E-state index in [1.807, 2.05) is 30.5 Å². The van der Waals surface area contributed by atoms with Gasteiger partial charge in [-0.1, -0.05) is 196 Å². The molecule has 11 aromatic rings. The van der Waals surface area contributed by atoms with Gasteiger partial charge in [0.2, 0.25) is 0 Å². The van der Waals surface area contributed by atoms with Crippen LogP contribution in [0.25, 0.3) is 111 Å². The molecule has 0 saturated carbocycles. The first kappa shape index (κ1) is 36.8. The molecule has 0 N–H and O–H groups in total. The summed E-state index contributed by atoms with van der Waals surface area (Å²) in [6, 6.07) is 72.3. The van der Waals surface area contributed by atoms with E-state index >= 15 is 0 Å². The van der Waals surface area contributed by atoms with Gasteiger partial charge in [-0.15, -0.1) is 0 Å². The zero-order chi connectivity index (χ0) is 42.1. The lowest BCUT2D eigenvalue weighted by Crippen LogP contribution is -2.15. The maximum atomic E-state index is 5.28. The Hall–Kier alpha value is -8.01. The van der Waals surface area contributed by atoms with Crippen molar-refractivity contribution in [3.8, 4) is 78.4 Å². The molecule has 1 aliphatic carbocycles. The van der Waals surface area contributed by atoms with Gasteiger partial charge in [-0.3, -0.25) is 4.98 Å². The average Bonchev–Trinajstić information content (AvgIpc) is 3.60. The van der Waals surface area contributed by atoms with Crippen molar-refractivity contribution in [3.05, 3.63) is 224 Å². The number of benzene rings is 9. The zero-order valence-corrected chi connectivity index (χ0v) is 35.0. The van der Waals surface area contributed by atoms with Crippen LogP contribution in [0.15, 0.2) is 213 Å². The van der Waals surface area contributed by atoms with E-state index < -0.39 is 0 Å². The molecule has 0 spiro atoms. The Morgan fingerprint density at radius 2 is 0.921 bits per heavy atom. The Balaban J connectivity index is 1.01. The van der Waals surface area contributed by atoms with Gasteiger partial charge in [-0.2, -0.15) is 0 Å². The average molecular weight is 804 g/mol. The quantitative estimate of drug-likeness (QED) is 0.168. The third kappa shape index (κ3) is 6.00. The van der Waals surface area contributed by atoms with Crippen LogP contribution in [0.3, 0.4) is 0 Å². The van der Waals surface area contributed by atoms with Gasteiger partial charge in [-0.05, 0) is 101 Å². The van der Waals surface area contributed by atoms with Crippen molar-refractivity contribution >= 4 is 32.3 Å². The number of rotatable bonds is 6. The summed E-state index contributed by atoms with van der Waals surface area (Å²) in [5, 5.41) is 7.41. The van der Waals surface area contributed by atoms with Crippen molar-refractivity contribution in [2.75, 3.05) is 0 Å². The van der Waals surface area contributed by atoms with Gasteiger partial charge in [0.05, 0.1) is 11.4 Å². The van der Waals surface area contributed by atoms with E-state index in [-0.39, 0.29) is 5.41 Å². The molecule has 1 aliphatic rings. The lowest BCUT2D eigenvalue weighted by Gasteiger charge is -2.23. The van der Waals surface area contributed by atoms with Crippen molar-refractivity contribution in [2.45, 2.75) is 19.3 Å². The molecule has 0 aliphatic heterocycles. The summed E-state index contributed by atoms with van der Waals surface area (Å²) >= 11 is 0. The van der Waals surface area contributed by atoms with Crippen LogP contribution < -0.4 is 0 Å². The topological polar surface area (TPSA) is 38.7 Å². The molecule has 0 unspecified atom stereocenters. The van der Waals surface area contributed by atoms with E-state index in [9.17, 15) is 0 Å². The molecule has 3 nitrogen and oxygen atoms in total. The molecule has 0 radical (unpaired) electrons. The first-order chi connectivity index (χ1) is 31.0. The molecule has 0 amide bonds. The summed E-state index contributed by atoms with van der Waals surface area (Å²) in [6.45, 7) is 4.77. The molecule has 0 fully saturated rings. The third-order valence-corrected chi connectivity index (χ3v) is 13.2. The van der Waals surface area contributed by atoms with Crippen molar-refractivity contribution in [1.82, 2.24) is 15.0 Å². The largest absolute Gasteiger partial charge is 0.264 e. The Morgan fingerprint density at radius 1 is 0.365 bits per heavy atom. The first-order valence-corrected chi connectivity index (χ1v) is 21.7. The Labute approximate surface area is 367 Å². The van der Waals surface area contributed by atoms with Crippen molar-refractivity contribution in [2.24, 2.45) is 0 Å². The molecular formula is C60H41N3. The molecule has 0 atom stereocenters. The molecule has 63 heavy (non-hydrogen) atoms. The highest BCUT2D eigenvalue weighted by Gasteiger charge is 2.38. The SMILES string of the molecule is CC1(C)c2cccc(-c3ccc(-c4ccc(-c5cc(-c6cccc(-c7cccnc7)c6)nc(-c6ccccc6)n5)c5ccccc45)c4ccccc34)c2-c2ccc3ccccc3c21. The van der Waals surface area contributed by atoms with Crippen LogP contribution in [0.2, 0.25) is 0 Å². The lowest BCUT2D eigenvalue weighted by molar-refractivity contribution is 0.666. The summed E-state index contributed by atoms with van der Waals surface area (Å²) in [6.07, 6.45) is 3.71. The fourth-order valence-corrected chi connectivity index (χ4v) is 10.2. The summed E-state index contributed by atoms with van der Waals surface area (Å²) < 4.78 is 0. The van der Waals surface area contributed by atoms with Gasteiger partial charge in [0, 0.05) is 40.1 Å². The minimum Gasteiger partial charge on any atom is -0.264 e. The lowest BCUT2D eigenvalue weighted by atomic mass is 9.80. The van der Waals surface area contributed by atoms with E-state index in [0.717, 1.165) is 44.6 Å². The minimum absolute atomic E-state index is 0.131. The number of pyridine rings is 1. The van der Waals surface area contributed by atoms with Crippen molar-refractivity contribution < 1.29 is 0 Å². The van der Waals surface area contributed by atoms with Gasteiger partial charge in [-0.25, -0.2) is 9.97 Å². The highest BCUT2D eigenvalue weighted by molar-refractivity contribution is 6.13. The summed E-state index contributed by atoms with van der Waals surface area (Å²) in [7, 11) is 0. The fraction of sp³-hybridized carbons (Fsp3) is 0.0500. The second-order valence-corrected chi connectivity index (χ2v) is 17.1. The van der Waals surface area contributed by atoms with E-state index in [4.69, 9.17) is 9.97 Å². The third-order valence-electron chi connectivity index (χ3n) is 13.2. The molecule has 296 valence electrons. The number of nitrogens with zero attached hydrogens (tertiary/aromatic N) is 3. The number of hydrogen-bond donors (Lipinski definition) is 0. The number of fused-ring (bicyclic) bond motifs is 7. The van der Waals surface area contributed by atoms with E-state index in [2.05, 4.69) is 195 Å². The summed E-state index contributed by atoms with van der Waals surface area (Å²) in [5.41, 5.74) is 17.2. The molecule has 12 rings (SSSR count). The molecule has 0 bridgehead atoms. The summed E-state index contributed by atoms with van der Waals surface area (Å²) in [4.78, 5) is 14.8. The van der Waals surface area contributed by atoms with Gasteiger partial charge < -0.3 is 0 Å². The van der Waals surface area contributed by atoms with Gasteiger partial charge in [0.1, 0.15) is 0 Å². The van der Waals surface area contributed by atoms with Gasteiger partial charge in [0.25, 0.3) is 0 Å². The molecule has 9 aromatic carbocycles. The maximum absolute atomic E-state index is 5.28. The van der Waals surface area contributed by atoms with E-state index in [1.165, 1.54) is 71.4 Å². The van der Waals surface area contributed by atoms with E-state index in [1.54, 1.807) is 6.20 Å². The van der Waals surface area contributed by atoms with Crippen LogP contribution in [-0.2, 0) is 5.41 Å². The Morgan fingerprint density at radius 3 is 1.63 bits per heavy atom. The maximum Gasteiger partial charge on any atom is 0.160 e. The highest BCUT2D eigenvalue weighted by Crippen LogP contribution is 2.55. The highest BCUT2D eigenvalue weighted by atomic mass is 14.9. The van der Waals surface area contributed by atoms with Gasteiger partial charge in [0.15, 0.2) is 5.82 Å². The Bertz CT molecular complexity index is 3590. The standard InChI is InChI=1S/C60H41N3/c1-60(2)54-27-13-26-52(57(54)53-29-28-38-15-6-7-21-43(38)58(53)60)50-31-30-48(44-22-8-9-23-45(44)50)49-32-33-51(47-25-11-10-24-46(47)49)56-36-55(62-59(63-56)39-16-4-3-5-17-39)41-19-12-18-40(35-41)42-20-14-34-61-37-42/h3-37H,1-2H3. The molecule has 0 saturated heterocycles. The van der Waals surface area contributed by atoms with Crippen molar-refractivity contribution in [3.63, 3.8) is 0 Å².